The Kier molecular flexibility index (Phi) is 6.68. The molecule has 3 aromatic carbocycles. The van der Waals surface area contributed by atoms with Gasteiger partial charge in [0, 0.05) is 11.1 Å². The monoisotopic (exact) mass is 525 g/mol. The molecule has 0 radical (unpaired) electrons. The zero-order valence-electron chi connectivity index (χ0n) is 20.1. The summed E-state index contributed by atoms with van der Waals surface area (Å²) >= 11 is 6.44. The summed E-state index contributed by atoms with van der Waals surface area (Å²) in [6.45, 7) is 0. The van der Waals surface area contributed by atoms with Crippen molar-refractivity contribution in [2.24, 2.45) is 0 Å². The van der Waals surface area contributed by atoms with Crippen LogP contribution in [0.5, 0.6) is 0 Å². The Labute approximate surface area is 222 Å². The number of amides is 1. The van der Waals surface area contributed by atoms with E-state index in [-0.39, 0.29) is 22.2 Å². The molecule has 5 rings (SSSR count). The fourth-order valence-electron chi connectivity index (χ4n) is 4.12. The van der Waals surface area contributed by atoms with Gasteiger partial charge in [-0.25, -0.2) is 9.59 Å². The maximum atomic E-state index is 13.6. The number of rotatable bonds is 6. The summed E-state index contributed by atoms with van der Waals surface area (Å²) in [7, 11) is 1.32. The maximum Gasteiger partial charge on any atom is 0.337 e. The molecule has 0 spiro atoms. The van der Waals surface area contributed by atoms with Crippen LogP contribution in [0.1, 0.15) is 32.0 Å². The first-order valence-corrected chi connectivity index (χ1v) is 11.9. The molecule has 0 saturated heterocycles. The minimum atomic E-state index is -1.13. The minimum Gasteiger partial charge on any atom is -0.478 e. The zero-order chi connectivity index (χ0) is 26.8. The summed E-state index contributed by atoms with van der Waals surface area (Å²) < 4.78 is 10.7. The molecule has 0 unspecified atom stereocenters. The highest BCUT2D eigenvalue weighted by atomic mass is 35.5. The number of nitrogens with zero attached hydrogens (tertiary/aromatic N) is 1. The largest absolute Gasteiger partial charge is 0.478 e. The van der Waals surface area contributed by atoms with Crippen LogP contribution >= 0.6 is 11.6 Å². The number of hydrogen-bond acceptors (Lipinski definition) is 5. The van der Waals surface area contributed by atoms with Crippen LogP contribution in [0, 0.1) is 0 Å². The lowest BCUT2D eigenvalue weighted by Crippen LogP contribution is -2.25. The number of halogens is 1. The number of carbonyl (C=O) groups excluding carboxylic acids is 2. The molecule has 0 bridgehead atoms. The van der Waals surface area contributed by atoms with E-state index >= 15 is 0 Å². The van der Waals surface area contributed by atoms with Gasteiger partial charge < -0.3 is 14.3 Å². The van der Waals surface area contributed by atoms with Crippen LogP contribution < -0.4 is 4.90 Å². The van der Waals surface area contributed by atoms with Gasteiger partial charge in [-0.2, -0.15) is 0 Å². The number of aromatic carboxylic acids is 1. The molecule has 1 aliphatic heterocycles. The van der Waals surface area contributed by atoms with Crippen molar-refractivity contribution in [3.05, 3.63) is 124 Å². The van der Waals surface area contributed by atoms with Gasteiger partial charge in [0.05, 0.1) is 34.6 Å². The average Bonchev–Trinajstić information content (AvgIpc) is 3.53. The van der Waals surface area contributed by atoms with Gasteiger partial charge in [-0.3, -0.25) is 9.69 Å². The van der Waals surface area contributed by atoms with Crippen LogP contribution in [0.15, 0.2) is 101 Å². The number of hydrogen-bond donors (Lipinski definition) is 1. The molecule has 4 aromatic rings. The molecular formula is C30H20ClNO6. The first-order valence-electron chi connectivity index (χ1n) is 11.5. The Morgan fingerprint density at radius 1 is 0.921 bits per heavy atom. The Morgan fingerprint density at radius 3 is 2.32 bits per heavy atom. The molecule has 1 aromatic heterocycles. The number of anilines is 1. The summed E-state index contributed by atoms with van der Waals surface area (Å²) in [6, 6.07) is 23.8. The highest BCUT2D eigenvalue weighted by Gasteiger charge is 2.32. The Hall–Kier alpha value is -4.88. The Bertz CT molecular complexity index is 1620. The van der Waals surface area contributed by atoms with Crippen LogP contribution in [0.2, 0.25) is 5.02 Å². The van der Waals surface area contributed by atoms with E-state index in [4.69, 9.17) is 20.8 Å². The van der Waals surface area contributed by atoms with Crippen molar-refractivity contribution in [2.45, 2.75) is 0 Å². The molecule has 0 fully saturated rings. The molecular weight excluding hydrogens is 506 g/mol. The lowest BCUT2D eigenvalue weighted by molar-refractivity contribution is -0.113. The first-order chi connectivity index (χ1) is 18.4. The number of carboxylic acid groups (broad SMARTS) is 1. The third-order valence-electron chi connectivity index (χ3n) is 6.00. The van der Waals surface area contributed by atoms with Crippen LogP contribution in [-0.2, 0) is 9.53 Å². The van der Waals surface area contributed by atoms with Gasteiger partial charge >= 0.3 is 11.9 Å². The van der Waals surface area contributed by atoms with Gasteiger partial charge in [0.15, 0.2) is 0 Å². The van der Waals surface area contributed by atoms with Crippen molar-refractivity contribution < 1.29 is 28.6 Å². The molecule has 188 valence electrons. The van der Waals surface area contributed by atoms with Crippen LogP contribution in [-0.4, -0.2) is 30.1 Å². The summed E-state index contributed by atoms with van der Waals surface area (Å²) in [5.74, 6) is -0.941. The standard InChI is InChI=1S/C30H20ClNO6/c1-37-30(36)20-9-7-19(8-10-20)27-14-12-23(38-27)15-22-17-25(18-5-3-2-4-6-18)32(28(22)33)26-16-21(29(34)35)11-13-24(26)31/h2-17H,1H3,(H,34,35)/b22-15+. The number of carboxylic acids is 1. The average molecular weight is 526 g/mol. The normalized spacial score (nSPS) is 14.1. The second kappa shape index (κ2) is 10.2. The van der Waals surface area contributed by atoms with E-state index in [2.05, 4.69) is 0 Å². The van der Waals surface area contributed by atoms with Gasteiger partial charge in [0.1, 0.15) is 11.5 Å². The summed E-state index contributed by atoms with van der Waals surface area (Å²) in [6.07, 6.45) is 3.33. The first kappa shape index (κ1) is 24.8. The van der Waals surface area contributed by atoms with E-state index in [1.807, 2.05) is 30.3 Å². The molecule has 0 atom stereocenters. The molecule has 0 aliphatic carbocycles. The molecule has 2 heterocycles. The van der Waals surface area contributed by atoms with Crippen molar-refractivity contribution in [3.63, 3.8) is 0 Å². The van der Waals surface area contributed by atoms with Gasteiger partial charge in [0.25, 0.3) is 5.91 Å². The van der Waals surface area contributed by atoms with E-state index in [9.17, 15) is 19.5 Å². The molecule has 7 nitrogen and oxygen atoms in total. The predicted octanol–water partition coefficient (Wildman–Crippen LogP) is 6.56. The molecule has 0 saturated carbocycles. The van der Waals surface area contributed by atoms with Crippen LogP contribution in [0.4, 0.5) is 5.69 Å². The van der Waals surface area contributed by atoms with Crippen molar-refractivity contribution in [1.29, 1.82) is 0 Å². The third-order valence-corrected chi connectivity index (χ3v) is 6.32. The van der Waals surface area contributed by atoms with Gasteiger partial charge in [0.2, 0.25) is 0 Å². The van der Waals surface area contributed by atoms with Crippen LogP contribution in [0.25, 0.3) is 23.1 Å². The lowest BCUT2D eigenvalue weighted by atomic mass is 10.1. The quantitative estimate of drug-likeness (QED) is 0.226. The van der Waals surface area contributed by atoms with Crippen LogP contribution in [0.3, 0.4) is 0 Å². The molecule has 1 amide bonds. The molecule has 1 N–H and O–H groups in total. The van der Waals surface area contributed by atoms with Gasteiger partial charge in [-0.1, -0.05) is 54.1 Å². The van der Waals surface area contributed by atoms with E-state index in [0.29, 0.717) is 28.4 Å². The topological polar surface area (TPSA) is 97.0 Å². The number of methoxy groups -OCH3 is 1. The SMILES string of the molecule is COC(=O)c1ccc(-c2ccc(/C=C3\C=C(c4ccccc4)N(c4cc(C(=O)O)ccc4Cl)C3=O)o2)cc1. The maximum absolute atomic E-state index is 13.6. The number of ether oxygens (including phenoxy) is 1. The minimum absolute atomic E-state index is 0.0101. The summed E-state index contributed by atoms with van der Waals surface area (Å²) in [5, 5.41) is 9.72. The highest BCUT2D eigenvalue weighted by molar-refractivity contribution is 6.36. The second-order valence-corrected chi connectivity index (χ2v) is 8.79. The van der Waals surface area contributed by atoms with Crippen molar-refractivity contribution in [2.75, 3.05) is 12.0 Å². The molecule has 1 aliphatic rings. The number of furan rings is 1. The van der Waals surface area contributed by atoms with Crippen molar-refractivity contribution in [1.82, 2.24) is 0 Å². The van der Waals surface area contributed by atoms with E-state index in [1.165, 1.54) is 30.2 Å². The summed E-state index contributed by atoms with van der Waals surface area (Å²) in [4.78, 5) is 38.3. The fourth-order valence-corrected chi connectivity index (χ4v) is 4.32. The van der Waals surface area contributed by atoms with Crippen molar-refractivity contribution in [3.8, 4) is 11.3 Å². The Morgan fingerprint density at radius 2 is 1.63 bits per heavy atom. The summed E-state index contributed by atoms with van der Waals surface area (Å²) in [5.41, 5.74) is 3.09. The number of benzene rings is 3. The van der Waals surface area contributed by atoms with E-state index < -0.39 is 11.9 Å². The third kappa shape index (κ3) is 4.75. The fraction of sp³-hybridized carbons (Fsp3) is 0.0333. The zero-order valence-corrected chi connectivity index (χ0v) is 20.8. The van der Waals surface area contributed by atoms with E-state index in [0.717, 1.165) is 11.1 Å². The molecule has 8 heteroatoms. The molecule has 38 heavy (non-hydrogen) atoms. The second-order valence-electron chi connectivity index (χ2n) is 8.38. The highest BCUT2D eigenvalue weighted by Crippen LogP contribution is 2.39. The van der Waals surface area contributed by atoms with Gasteiger partial charge in [-0.05, 0) is 60.2 Å². The predicted molar refractivity (Wildman–Crippen MR) is 144 cm³/mol. The van der Waals surface area contributed by atoms with E-state index in [1.54, 1.807) is 48.6 Å². The lowest BCUT2D eigenvalue weighted by Gasteiger charge is -2.22. The Balaban J connectivity index is 1.52. The smallest absolute Gasteiger partial charge is 0.337 e. The number of esters is 1. The van der Waals surface area contributed by atoms with Gasteiger partial charge in [-0.15, -0.1) is 0 Å². The number of carbonyl (C=O) groups is 3. The van der Waals surface area contributed by atoms with Crippen molar-refractivity contribution >= 4 is 46.9 Å².